The van der Waals surface area contributed by atoms with E-state index in [0.717, 1.165) is 20.8 Å². The number of aliphatic hydroxyl groups is 2. The van der Waals surface area contributed by atoms with Crippen LogP contribution in [0, 0.1) is 34.5 Å². The van der Waals surface area contributed by atoms with Crippen LogP contribution >= 0.6 is 0 Å². The van der Waals surface area contributed by atoms with E-state index in [4.69, 9.17) is 23.7 Å². The molecule has 0 heterocycles. The Morgan fingerprint density at radius 2 is 1.44 bits per heavy atom. The normalized spacial score (nSPS) is 39.2. The molecule has 0 saturated heterocycles. The summed E-state index contributed by atoms with van der Waals surface area (Å²) in [5.41, 5.74) is -6.71. The maximum atomic E-state index is 14.1. The van der Waals surface area contributed by atoms with Crippen molar-refractivity contribution < 1.29 is 62.7 Å². The Balaban J connectivity index is 1.86. The van der Waals surface area contributed by atoms with Gasteiger partial charge in [-0.3, -0.25) is 19.2 Å². The van der Waals surface area contributed by atoms with Gasteiger partial charge in [-0.15, -0.1) is 0 Å². The molecule has 13 heteroatoms. The van der Waals surface area contributed by atoms with Gasteiger partial charge in [-0.25, -0.2) is 9.59 Å². The summed E-state index contributed by atoms with van der Waals surface area (Å²) in [5.74, 6) is -8.37. The van der Waals surface area contributed by atoms with Crippen LogP contribution in [0.2, 0.25) is 0 Å². The number of aliphatic hydroxyl groups excluding tert-OH is 1. The van der Waals surface area contributed by atoms with Crippen LogP contribution in [0.25, 0.3) is 0 Å². The summed E-state index contributed by atoms with van der Waals surface area (Å²) < 4.78 is 30.3. The number of benzene rings is 1. The maximum Gasteiger partial charge on any atom is 0.338 e. The number of ketones is 1. The molecule has 0 aliphatic heterocycles. The average molecular weight is 673 g/mol. The molecule has 5 rings (SSSR count). The predicted molar refractivity (Wildman–Crippen MR) is 164 cm³/mol. The molecule has 1 aromatic carbocycles. The summed E-state index contributed by atoms with van der Waals surface area (Å²) in [6.07, 6.45) is -6.36. The number of hydrogen-bond acceptors (Lipinski definition) is 13. The van der Waals surface area contributed by atoms with Crippen molar-refractivity contribution in [3.05, 3.63) is 35.9 Å². The molecular formula is C35H44O13. The van der Waals surface area contributed by atoms with Crippen LogP contribution in [0.15, 0.2) is 30.3 Å². The van der Waals surface area contributed by atoms with Gasteiger partial charge < -0.3 is 33.9 Å². The van der Waals surface area contributed by atoms with E-state index in [9.17, 15) is 39.0 Å². The van der Waals surface area contributed by atoms with E-state index in [1.54, 1.807) is 45.9 Å². The minimum absolute atomic E-state index is 0.164. The number of Topliss-reactive ketones (excluding diaryl/α,β-unsaturated/α-hetero) is 1. The molecule has 4 aliphatic rings. The predicted octanol–water partition coefficient (Wildman–Crippen LogP) is 2.32. The Morgan fingerprint density at radius 3 is 2.00 bits per heavy atom. The SMILES string of the molecule is CC(=O)O[C@H]1[C@]2(O)C[C@@H](C)[C@H](OC(=O)c3ccccc3)[C@@H]2[C@@H](OC(=O)CO)[C@@]2(OC(C)=O)C[C@@H]3C(=O)C(C)(C)C[C@@H]3[C@@]1(C)[C@H]2OC(C)=O. The van der Waals surface area contributed by atoms with Crippen molar-refractivity contribution in [2.75, 3.05) is 6.61 Å². The molecule has 4 aliphatic carbocycles. The summed E-state index contributed by atoms with van der Waals surface area (Å²) in [7, 11) is 0. The third-order valence-electron chi connectivity index (χ3n) is 11.1. The van der Waals surface area contributed by atoms with Crippen molar-refractivity contribution in [3.63, 3.8) is 0 Å². The van der Waals surface area contributed by atoms with Gasteiger partial charge in [-0.1, -0.05) is 45.9 Å². The number of carbonyl (C=O) groups excluding carboxylic acids is 6. The van der Waals surface area contributed by atoms with Gasteiger partial charge in [0.15, 0.2) is 17.8 Å². The van der Waals surface area contributed by atoms with Crippen molar-refractivity contribution in [2.24, 2.45) is 34.5 Å². The number of carbonyl (C=O) groups is 6. The molecule has 1 aromatic rings. The largest absolute Gasteiger partial charge is 0.459 e. The monoisotopic (exact) mass is 672 g/mol. The smallest absolute Gasteiger partial charge is 0.338 e. The fourth-order valence-electron chi connectivity index (χ4n) is 9.62. The molecule has 4 fully saturated rings. The first kappa shape index (κ1) is 35.5. The summed E-state index contributed by atoms with van der Waals surface area (Å²) in [4.78, 5) is 79.8. The highest BCUT2D eigenvalue weighted by Gasteiger charge is 2.82. The molecule has 2 N–H and O–H groups in total. The number of ether oxygens (including phenoxy) is 5. The Bertz CT molecular complexity index is 1500. The van der Waals surface area contributed by atoms with Gasteiger partial charge in [0.1, 0.15) is 30.2 Å². The Hall–Kier alpha value is -3.84. The van der Waals surface area contributed by atoms with Crippen molar-refractivity contribution in [1.29, 1.82) is 0 Å². The first-order valence-electron chi connectivity index (χ1n) is 16.2. The maximum absolute atomic E-state index is 14.1. The van der Waals surface area contributed by atoms with E-state index in [1.165, 1.54) is 12.1 Å². The van der Waals surface area contributed by atoms with Crippen molar-refractivity contribution in [3.8, 4) is 0 Å². The zero-order valence-corrected chi connectivity index (χ0v) is 28.2. The molecule has 0 unspecified atom stereocenters. The molecule has 4 saturated carbocycles. The van der Waals surface area contributed by atoms with Crippen molar-refractivity contribution in [2.45, 2.75) is 103 Å². The van der Waals surface area contributed by atoms with Gasteiger partial charge in [-0.2, -0.15) is 0 Å². The van der Waals surface area contributed by atoms with Gasteiger partial charge in [-0.05, 0) is 36.8 Å². The third kappa shape index (κ3) is 5.48. The van der Waals surface area contributed by atoms with E-state index in [1.807, 2.05) is 0 Å². The van der Waals surface area contributed by atoms with E-state index in [-0.39, 0.29) is 30.6 Å². The molecule has 0 amide bonds. The first-order valence-corrected chi connectivity index (χ1v) is 16.2. The van der Waals surface area contributed by atoms with Crippen LogP contribution < -0.4 is 0 Å². The van der Waals surface area contributed by atoms with Crippen molar-refractivity contribution in [1.82, 2.24) is 0 Å². The molecular weight excluding hydrogens is 628 g/mol. The fraction of sp³-hybridized carbons (Fsp3) is 0.657. The van der Waals surface area contributed by atoms with Gasteiger partial charge in [0.2, 0.25) is 0 Å². The van der Waals surface area contributed by atoms with Crippen LogP contribution in [0.4, 0.5) is 0 Å². The van der Waals surface area contributed by atoms with Gasteiger partial charge >= 0.3 is 29.8 Å². The molecule has 2 bridgehead atoms. The Morgan fingerprint density at radius 1 is 0.833 bits per heavy atom. The molecule has 0 spiro atoms. The molecule has 0 radical (unpaired) electrons. The third-order valence-corrected chi connectivity index (χ3v) is 11.1. The second-order valence-corrected chi connectivity index (χ2v) is 14.8. The number of rotatable bonds is 7. The lowest BCUT2D eigenvalue weighted by Crippen LogP contribution is -2.70. The Kier molecular flexibility index (Phi) is 9.05. The lowest BCUT2D eigenvalue weighted by Gasteiger charge is -2.58. The van der Waals surface area contributed by atoms with E-state index >= 15 is 0 Å². The zero-order chi connectivity index (χ0) is 35.6. The number of esters is 5. The van der Waals surface area contributed by atoms with Crippen LogP contribution in [-0.2, 0) is 47.7 Å². The highest BCUT2D eigenvalue weighted by atomic mass is 16.6. The average Bonchev–Trinajstić information content (AvgIpc) is 3.38. The second kappa shape index (κ2) is 12.2. The van der Waals surface area contributed by atoms with Gasteiger partial charge in [0.25, 0.3) is 0 Å². The highest BCUT2D eigenvalue weighted by molar-refractivity contribution is 5.90. The molecule has 262 valence electrons. The quantitative estimate of drug-likeness (QED) is 0.318. The van der Waals surface area contributed by atoms with Crippen molar-refractivity contribution >= 4 is 35.6 Å². The van der Waals surface area contributed by atoms with Crippen LogP contribution in [0.3, 0.4) is 0 Å². The lowest BCUT2D eigenvalue weighted by atomic mass is 9.53. The molecule has 0 aromatic heterocycles. The Labute approximate surface area is 278 Å². The van der Waals surface area contributed by atoms with Crippen LogP contribution in [-0.4, -0.2) is 88.1 Å². The summed E-state index contributed by atoms with van der Waals surface area (Å²) in [6, 6.07) is 8.06. The van der Waals surface area contributed by atoms with Gasteiger partial charge in [0, 0.05) is 38.5 Å². The van der Waals surface area contributed by atoms with E-state index < -0.39 is 107 Å². The molecule has 11 atom stereocenters. The zero-order valence-electron chi connectivity index (χ0n) is 28.2. The topological polar surface area (TPSA) is 189 Å². The van der Waals surface area contributed by atoms with E-state index in [0.29, 0.717) is 0 Å². The fourth-order valence-corrected chi connectivity index (χ4v) is 9.62. The summed E-state index contributed by atoms with van der Waals surface area (Å²) in [6.45, 7) is 9.09. The van der Waals surface area contributed by atoms with Crippen LogP contribution in [0.1, 0.15) is 78.1 Å². The first-order chi connectivity index (χ1) is 22.3. The number of hydrogen-bond donors (Lipinski definition) is 2. The highest BCUT2D eigenvalue weighted by Crippen LogP contribution is 2.69. The van der Waals surface area contributed by atoms with E-state index in [2.05, 4.69) is 0 Å². The molecule has 48 heavy (non-hydrogen) atoms. The van der Waals surface area contributed by atoms with Gasteiger partial charge in [0.05, 0.1) is 16.9 Å². The minimum Gasteiger partial charge on any atom is -0.459 e. The standard InChI is InChI=1S/C35H44O13/c1-17-13-34(43)25(26(17)47-29(42)21-11-9-8-10-12-21)28(46-24(40)16-36)35(48-20(4)39)14-22-23(15-32(5,6)27(22)41)33(7,30(34)44-18(2)37)31(35)45-19(3)38/h8-12,17,22-23,25-26,28,30-31,36,43H,13-16H2,1-7H3/t17-,22+,23+,25-,26+,28-,30-,31-,33-,34+,35+/m1/s1. The lowest BCUT2D eigenvalue weighted by molar-refractivity contribution is -0.269. The van der Waals surface area contributed by atoms with Crippen LogP contribution in [0.5, 0.6) is 0 Å². The summed E-state index contributed by atoms with van der Waals surface area (Å²) >= 11 is 0. The second-order valence-electron chi connectivity index (χ2n) is 14.8. The number of fused-ring (bicyclic) bond motifs is 5. The summed E-state index contributed by atoms with van der Waals surface area (Å²) in [5, 5.41) is 23.0. The minimum atomic E-state index is -2.18. The molecule has 13 nitrogen and oxygen atoms in total.